The molecule has 364 valence electrons. The predicted octanol–water partition coefficient (Wildman–Crippen LogP) is -1.58. The van der Waals surface area contributed by atoms with Crippen LogP contribution >= 0.6 is 0 Å². The fourth-order valence-corrected chi connectivity index (χ4v) is 6.91. The van der Waals surface area contributed by atoms with Crippen LogP contribution in [0.3, 0.4) is 0 Å². The van der Waals surface area contributed by atoms with Gasteiger partial charge in [0.25, 0.3) is 0 Å². The quantitative estimate of drug-likeness (QED) is 0.109. The van der Waals surface area contributed by atoms with Gasteiger partial charge >= 0.3 is 65.5 Å². The minimum absolute atomic E-state index is 0.657. The van der Waals surface area contributed by atoms with Gasteiger partial charge in [0.2, 0.25) is 18.1 Å². The highest BCUT2D eigenvalue weighted by atomic mass is 16.8. The lowest BCUT2D eigenvalue weighted by Gasteiger charge is -2.49. The molecule has 12 atom stereocenters. The van der Waals surface area contributed by atoms with E-state index in [0.29, 0.717) is 0 Å². The Hall–Kier alpha value is -6.44. The monoisotopic (exact) mass is 934 g/mol. The molecule has 0 spiro atoms. The molecule has 0 bridgehead atoms. The highest BCUT2D eigenvalue weighted by Crippen LogP contribution is 2.39. The van der Waals surface area contributed by atoms with Crippen molar-refractivity contribution in [2.75, 3.05) is 13.2 Å². The fourth-order valence-electron chi connectivity index (χ4n) is 6.91. The summed E-state index contributed by atoms with van der Waals surface area (Å²) in [7, 11) is 0. The summed E-state index contributed by atoms with van der Waals surface area (Å²) < 4.78 is 66.2. The number of esters is 10. The molecule has 2 amide bonds. The number of carbonyl (C=O) groups excluding carboxylic acids is 12. The molecule has 2 saturated heterocycles. The van der Waals surface area contributed by atoms with Crippen LogP contribution in [0.2, 0.25) is 0 Å². The third-order valence-corrected chi connectivity index (χ3v) is 8.79. The molecule has 2 heterocycles. The molecule has 0 aromatic heterocycles. The van der Waals surface area contributed by atoms with Gasteiger partial charge in [0.1, 0.15) is 37.6 Å². The van der Waals surface area contributed by atoms with Gasteiger partial charge in [-0.05, 0) is 0 Å². The van der Waals surface area contributed by atoms with Gasteiger partial charge < -0.3 is 67.5 Å². The zero-order valence-electron chi connectivity index (χ0n) is 37.5. The second-order valence-electron chi connectivity index (χ2n) is 14.6. The van der Waals surface area contributed by atoms with Gasteiger partial charge in [-0.25, -0.2) is 4.79 Å². The summed E-state index contributed by atoms with van der Waals surface area (Å²) >= 11 is 0. The Labute approximate surface area is 371 Å². The molecule has 0 unspecified atom stereocenters. The van der Waals surface area contributed by atoms with Gasteiger partial charge in [0.15, 0.2) is 24.4 Å². The van der Waals surface area contributed by atoms with E-state index in [4.69, 9.17) is 56.8 Å². The van der Waals surface area contributed by atoms with Crippen LogP contribution in [0, 0.1) is 0 Å². The summed E-state index contributed by atoms with van der Waals surface area (Å²) in [6.45, 7) is 9.00. The van der Waals surface area contributed by atoms with Crippen molar-refractivity contribution in [3.63, 3.8) is 0 Å². The second-order valence-corrected chi connectivity index (χ2v) is 14.6. The summed E-state index contributed by atoms with van der Waals surface area (Å²) in [4.78, 5) is 152. The van der Waals surface area contributed by atoms with Gasteiger partial charge in [0.05, 0.1) is 18.5 Å². The molecule has 26 nitrogen and oxygen atoms in total. The van der Waals surface area contributed by atoms with Crippen molar-refractivity contribution in [2.24, 2.45) is 0 Å². The maximum atomic E-state index is 14.8. The molecule has 2 rings (SSSR count). The molecule has 0 aromatic rings. The first-order valence-electron chi connectivity index (χ1n) is 19.7. The van der Waals surface area contributed by atoms with Crippen molar-refractivity contribution < 1.29 is 114 Å². The number of ether oxygens (including phenoxy) is 12. The Morgan fingerprint density at radius 2 is 0.923 bits per heavy atom. The summed E-state index contributed by atoms with van der Waals surface area (Å²) in [6.07, 6.45) is -18.1. The van der Waals surface area contributed by atoms with Crippen molar-refractivity contribution >= 4 is 71.5 Å². The first-order valence-corrected chi connectivity index (χ1v) is 19.7. The molecule has 2 aliphatic rings. The van der Waals surface area contributed by atoms with Crippen LogP contribution in [0.25, 0.3) is 0 Å². The van der Waals surface area contributed by atoms with Crippen LogP contribution in [0.4, 0.5) is 0 Å². The van der Waals surface area contributed by atoms with E-state index in [2.05, 4.69) is 10.6 Å². The molecule has 65 heavy (non-hydrogen) atoms. The topological polar surface area (TPSA) is 340 Å². The molecule has 26 heteroatoms. The van der Waals surface area contributed by atoms with E-state index in [1.165, 1.54) is 0 Å². The van der Waals surface area contributed by atoms with Gasteiger partial charge in [-0.3, -0.25) is 52.7 Å². The standard InChI is InChI=1S/C39H54N2O24/c1-16(42)40-32-27(56-20(5)46)12-31(62-36(32)34(60-24(9)50)29(58-22(7)48)14-54-18(3)44)63-38(53)39(64-26(11)52)13-28(57-21(6)47)33(41-17(2)43)37(65-39)35(61-25(10)51)30(59-23(8)49)15-55-19(4)45/h27-37H,12-15H2,1-11H3,(H,40,42)(H,41,43)/t27-,28+,29-,30-,31+,32+,33-,34-,35-,36+,37-,39+/m1/s1. The summed E-state index contributed by atoms with van der Waals surface area (Å²) in [6, 6.07) is -3.15. The van der Waals surface area contributed by atoms with Crippen LogP contribution in [0.5, 0.6) is 0 Å². The lowest BCUT2D eigenvalue weighted by Crippen LogP contribution is -2.70. The normalized spacial score (nSPS) is 25.4. The van der Waals surface area contributed by atoms with Gasteiger partial charge in [-0.1, -0.05) is 0 Å². The Morgan fingerprint density at radius 3 is 1.31 bits per heavy atom. The zero-order valence-corrected chi connectivity index (χ0v) is 37.5. The van der Waals surface area contributed by atoms with Gasteiger partial charge in [-0.15, -0.1) is 0 Å². The van der Waals surface area contributed by atoms with Crippen molar-refractivity contribution in [1.29, 1.82) is 0 Å². The van der Waals surface area contributed by atoms with E-state index in [1.54, 1.807) is 0 Å². The minimum atomic E-state index is -3.10. The molecule has 0 radical (unpaired) electrons. The maximum Gasteiger partial charge on any atom is 0.382 e. The summed E-state index contributed by atoms with van der Waals surface area (Å²) in [5.74, 6) is -15.5. The number of rotatable bonds is 19. The third-order valence-electron chi connectivity index (χ3n) is 8.79. The zero-order chi connectivity index (χ0) is 49.5. The highest BCUT2D eigenvalue weighted by Gasteiger charge is 2.62. The Balaban J connectivity index is 2.94. The molecular weight excluding hydrogens is 880 g/mol. The van der Waals surface area contributed by atoms with Crippen molar-refractivity contribution in [1.82, 2.24) is 10.6 Å². The van der Waals surface area contributed by atoms with E-state index in [-0.39, 0.29) is 0 Å². The Morgan fingerprint density at radius 1 is 0.508 bits per heavy atom. The molecule has 2 aliphatic heterocycles. The average molecular weight is 935 g/mol. The van der Waals surface area contributed by atoms with Crippen LogP contribution in [-0.2, 0) is 114 Å². The lowest BCUT2D eigenvalue weighted by atomic mass is 9.87. The SMILES string of the molecule is CC(=O)N[C@@H]1[C@@H]([C@H](OC(C)=O)[C@@H](COC(C)=O)OC(C)=O)O[C@@H](OC(=O)[C@]2(OC(C)=O)C[C@H](OC(C)=O)[C@@H](NC(C)=O)[C@H]([C@H](OC(C)=O)[C@@H](COC(C)=O)OC(C)=O)O2)C[C@H]1OC(C)=O. The molecule has 0 aromatic carbocycles. The Bertz CT molecular complexity index is 1830. The van der Waals surface area contributed by atoms with Crippen molar-refractivity contribution in [2.45, 2.75) is 162 Å². The van der Waals surface area contributed by atoms with Gasteiger partial charge in [0, 0.05) is 82.6 Å². The lowest BCUT2D eigenvalue weighted by molar-refractivity contribution is -0.317. The largest absolute Gasteiger partial charge is 0.462 e. The van der Waals surface area contributed by atoms with Crippen LogP contribution < -0.4 is 10.6 Å². The first kappa shape index (κ1) is 54.7. The fraction of sp³-hybridized carbons (Fsp3) is 0.692. The molecule has 0 aliphatic carbocycles. The number of carbonyl (C=O) groups is 12. The maximum absolute atomic E-state index is 14.8. The smallest absolute Gasteiger partial charge is 0.382 e. The molecular formula is C39H54N2O24. The van der Waals surface area contributed by atoms with Crippen molar-refractivity contribution in [3.05, 3.63) is 0 Å². The van der Waals surface area contributed by atoms with E-state index in [9.17, 15) is 57.5 Å². The van der Waals surface area contributed by atoms with Gasteiger partial charge in [-0.2, -0.15) is 0 Å². The van der Waals surface area contributed by atoms with Crippen LogP contribution in [0.1, 0.15) is 89.0 Å². The van der Waals surface area contributed by atoms with E-state index in [0.717, 1.165) is 76.2 Å². The van der Waals surface area contributed by atoms with Crippen molar-refractivity contribution in [3.8, 4) is 0 Å². The number of hydrogen-bond donors (Lipinski definition) is 2. The number of nitrogens with one attached hydrogen (secondary N) is 2. The number of hydrogen-bond acceptors (Lipinski definition) is 24. The molecule has 2 fully saturated rings. The third kappa shape index (κ3) is 17.6. The van der Waals surface area contributed by atoms with Crippen LogP contribution in [0.15, 0.2) is 0 Å². The first-order chi connectivity index (χ1) is 30.1. The minimum Gasteiger partial charge on any atom is -0.462 e. The molecule has 0 saturated carbocycles. The highest BCUT2D eigenvalue weighted by molar-refractivity contribution is 5.82. The van der Waals surface area contributed by atoms with E-state index < -0.39 is 171 Å². The Kier molecular flexibility index (Phi) is 20.7. The average Bonchev–Trinajstić information content (AvgIpc) is 3.13. The van der Waals surface area contributed by atoms with Crippen LogP contribution in [-0.4, -0.2) is 158 Å². The summed E-state index contributed by atoms with van der Waals surface area (Å²) in [5, 5.41) is 4.95. The second kappa shape index (κ2) is 24.6. The van der Waals surface area contributed by atoms with E-state index in [1.807, 2.05) is 0 Å². The summed E-state index contributed by atoms with van der Waals surface area (Å²) in [5.41, 5.74) is 0. The predicted molar refractivity (Wildman–Crippen MR) is 205 cm³/mol. The molecule has 2 N–H and O–H groups in total. The van der Waals surface area contributed by atoms with E-state index >= 15 is 0 Å². The number of amides is 2.